The van der Waals surface area contributed by atoms with Gasteiger partial charge in [0, 0.05) is 17.5 Å². The third kappa shape index (κ3) is 6.85. The van der Waals surface area contributed by atoms with E-state index in [1.165, 1.54) is 22.3 Å². The summed E-state index contributed by atoms with van der Waals surface area (Å²) in [6.45, 7) is 14.8. The quantitative estimate of drug-likeness (QED) is 0.277. The van der Waals surface area contributed by atoms with Crippen molar-refractivity contribution in [3.8, 4) is 0 Å². The topological polar surface area (TPSA) is 26.0 Å². The van der Waals surface area contributed by atoms with Crippen molar-refractivity contribution in [2.75, 3.05) is 0 Å². The van der Waals surface area contributed by atoms with Gasteiger partial charge < -0.3 is 5.73 Å². The molecule has 112 valence electrons. The standard InChI is InChI=1S/C18H29NS/c1-7-8-14(4)11-18(19)17(13(2)3)12-16(6)15(5)9-10-20/h9-10,12-13H,4,7-8,11,19H2,1-3,5-6H3. The summed E-state index contributed by atoms with van der Waals surface area (Å²) >= 11 is 4.87. The fourth-order valence-corrected chi connectivity index (χ4v) is 2.23. The molecule has 0 aliphatic rings. The number of rotatable bonds is 8. The van der Waals surface area contributed by atoms with Gasteiger partial charge in [0.1, 0.15) is 0 Å². The van der Waals surface area contributed by atoms with Crippen molar-refractivity contribution < 1.29 is 0 Å². The number of thiocarbonyl (C=S) groups is 1. The van der Waals surface area contributed by atoms with Crippen LogP contribution in [0.25, 0.3) is 0 Å². The summed E-state index contributed by atoms with van der Waals surface area (Å²) in [5, 5.41) is 1.65. The Balaban J connectivity index is 5.33. The lowest BCUT2D eigenvalue weighted by Gasteiger charge is -2.15. The molecule has 2 N–H and O–H groups in total. The highest BCUT2D eigenvalue weighted by molar-refractivity contribution is 7.79. The van der Waals surface area contributed by atoms with Crippen LogP contribution in [0.2, 0.25) is 0 Å². The molecule has 1 nitrogen and oxygen atoms in total. The van der Waals surface area contributed by atoms with E-state index < -0.39 is 0 Å². The minimum atomic E-state index is 0.402. The van der Waals surface area contributed by atoms with E-state index in [2.05, 4.69) is 47.3 Å². The molecule has 0 aliphatic carbocycles. The van der Waals surface area contributed by atoms with Gasteiger partial charge >= 0.3 is 0 Å². The second-order valence-electron chi connectivity index (χ2n) is 5.63. The highest BCUT2D eigenvalue weighted by Gasteiger charge is 2.08. The molecule has 20 heavy (non-hydrogen) atoms. The van der Waals surface area contributed by atoms with Gasteiger partial charge in [0.05, 0.1) is 0 Å². The van der Waals surface area contributed by atoms with Crippen LogP contribution in [-0.4, -0.2) is 5.37 Å². The maximum absolute atomic E-state index is 6.30. The molecule has 0 heterocycles. The minimum Gasteiger partial charge on any atom is -0.402 e. The second kappa shape index (κ2) is 9.71. The molecule has 0 radical (unpaired) electrons. The lowest BCUT2D eigenvalue weighted by atomic mass is 9.93. The average molecular weight is 292 g/mol. The van der Waals surface area contributed by atoms with Crippen LogP contribution >= 0.6 is 12.2 Å². The maximum Gasteiger partial charge on any atom is 0.0157 e. The first kappa shape index (κ1) is 18.9. The lowest BCUT2D eigenvalue weighted by molar-refractivity contribution is 0.761. The SMILES string of the molecule is C=C(CCC)CC(N)=C(C=C(C)C(C)=CC=S)C(C)C. The Hall–Kier alpha value is -1.15. The molecule has 0 saturated carbocycles. The molecule has 0 fully saturated rings. The molecule has 0 rings (SSSR count). The molecule has 0 saturated heterocycles. The Morgan fingerprint density at radius 3 is 2.30 bits per heavy atom. The smallest absolute Gasteiger partial charge is 0.0157 e. The summed E-state index contributed by atoms with van der Waals surface area (Å²) in [5.41, 5.74) is 12.0. The van der Waals surface area contributed by atoms with Gasteiger partial charge in [-0.25, -0.2) is 0 Å². The second-order valence-corrected chi connectivity index (χ2v) is 5.90. The molecular weight excluding hydrogens is 262 g/mol. The number of hydrogen-bond acceptors (Lipinski definition) is 2. The number of hydrogen-bond donors (Lipinski definition) is 1. The largest absolute Gasteiger partial charge is 0.402 e. The zero-order valence-electron chi connectivity index (χ0n) is 13.6. The van der Waals surface area contributed by atoms with Crippen molar-refractivity contribution in [2.45, 2.75) is 53.9 Å². The Morgan fingerprint density at radius 2 is 1.85 bits per heavy atom. The zero-order chi connectivity index (χ0) is 15.7. The fraction of sp³-hybridized carbons (Fsp3) is 0.500. The third-order valence-corrected chi connectivity index (χ3v) is 3.48. The Bertz CT molecular complexity index is 436. The van der Waals surface area contributed by atoms with Gasteiger partial charge in [0.25, 0.3) is 0 Å². The van der Waals surface area contributed by atoms with Crippen LogP contribution in [0.1, 0.15) is 53.9 Å². The van der Waals surface area contributed by atoms with Gasteiger partial charge in [0.15, 0.2) is 0 Å². The summed E-state index contributed by atoms with van der Waals surface area (Å²) in [6, 6.07) is 0. The van der Waals surface area contributed by atoms with Crippen LogP contribution in [-0.2, 0) is 0 Å². The van der Waals surface area contributed by atoms with Crippen LogP contribution < -0.4 is 5.73 Å². The van der Waals surface area contributed by atoms with Crippen LogP contribution in [0.4, 0.5) is 0 Å². The van der Waals surface area contributed by atoms with E-state index in [1.807, 2.05) is 6.08 Å². The van der Waals surface area contributed by atoms with Crippen LogP contribution in [0, 0.1) is 5.92 Å². The van der Waals surface area contributed by atoms with Crippen molar-refractivity contribution >= 4 is 17.6 Å². The van der Waals surface area contributed by atoms with Gasteiger partial charge in [-0.1, -0.05) is 57.6 Å². The van der Waals surface area contributed by atoms with Crippen molar-refractivity contribution in [3.63, 3.8) is 0 Å². The number of nitrogens with two attached hydrogens (primary N) is 1. The molecular formula is C18H29NS. The van der Waals surface area contributed by atoms with Crippen LogP contribution in [0.3, 0.4) is 0 Å². The van der Waals surface area contributed by atoms with Gasteiger partial charge in [-0.15, -0.1) is 0 Å². The average Bonchev–Trinajstić information content (AvgIpc) is 2.35. The summed E-state index contributed by atoms with van der Waals surface area (Å²) < 4.78 is 0. The zero-order valence-corrected chi connectivity index (χ0v) is 14.4. The maximum atomic E-state index is 6.30. The summed E-state index contributed by atoms with van der Waals surface area (Å²) in [6.07, 6.45) is 7.09. The molecule has 2 heteroatoms. The Kier molecular flexibility index (Phi) is 9.15. The summed E-state index contributed by atoms with van der Waals surface area (Å²) in [7, 11) is 0. The molecule has 0 aromatic carbocycles. The predicted molar refractivity (Wildman–Crippen MR) is 95.9 cm³/mol. The van der Waals surface area contributed by atoms with Crippen molar-refractivity contribution in [1.29, 1.82) is 0 Å². The first-order valence-corrected chi connectivity index (χ1v) is 7.76. The van der Waals surface area contributed by atoms with E-state index >= 15 is 0 Å². The molecule has 0 spiro atoms. The molecule has 0 aliphatic heterocycles. The summed E-state index contributed by atoms with van der Waals surface area (Å²) in [5.74, 6) is 0.402. The van der Waals surface area contributed by atoms with Crippen LogP contribution in [0.15, 0.2) is 46.7 Å². The first-order chi connectivity index (χ1) is 9.33. The lowest BCUT2D eigenvalue weighted by Crippen LogP contribution is -2.07. The van der Waals surface area contributed by atoms with Crippen LogP contribution in [0.5, 0.6) is 0 Å². The normalized spacial score (nSPS) is 14.3. The Morgan fingerprint density at radius 1 is 1.25 bits per heavy atom. The molecule has 0 atom stereocenters. The fourth-order valence-electron chi connectivity index (χ4n) is 2.02. The molecule has 0 amide bonds. The third-order valence-electron chi connectivity index (χ3n) is 3.35. The van der Waals surface area contributed by atoms with E-state index in [-0.39, 0.29) is 0 Å². The monoisotopic (exact) mass is 291 g/mol. The molecule has 0 bridgehead atoms. The van der Waals surface area contributed by atoms with Gasteiger partial charge in [-0.2, -0.15) is 0 Å². The van der Waals surface area contributed by atoms with E-state index in [0.29, 0.717) is 5.92 Å². The van der Waals surface area contributed by atoms with Crippen molar-refractivity contribution in [1.82, 2.24) is 0 Å². The first-order valence-electron chi connectivity index (χ1n) is 7.29. The predicted octanol–water partition coefficient (Wildman–Crippen LogP) is 5.49. The summed E-state index contributed by atoms with van der Waals surface area (Å²) in [4.78, 5) is 0. The highest BCUT2D eigenvalue weighted by atomic mass is 32.1. The number of allylic oxidation sites excluding steroid dienone is 6. The minimum absolute atomic E-state index is 0.402. The van der Waals surface area contributed by atoms with Gasteiger partial charge in [-0.05, 0) is 49.0 Å². The van der Waals surface area contributed by atoms with E-state index in [0.717, 1.165) is 25.0 Å². The van der Waals surface area contributed by atoms with E-state index in [4.69, 9.17) is 18.0 Å². The molecule has 0 unspecified atom stereocenters. The highest BCUT2D eigenvalue weighted by Crippen LogP contribution is 2.23. The van der Waals surface area contributed by atoms with E-state index in [9.17, 15) is 0 Å². The molecule has 0 aromatic heterocycles. The van der Waals surface area contributed by atoms with Gasteiger partial charge in [0.2, 0.25) is 0 Å². The van der Waals surface area contributed by atoms with Gasteiger partial charge in [-0.3, -0.25) is 0 Å². The van der Waals surface area contributed by atoms with E-state index in [1.54, 1.807) is 5.37 Å². The molecule has 0 aromatic rings. The Labute approximate surface area is 130 Å². The van der Waals surface area contributed by atoms with Crippen molar-refractivity contribution in [3.05, 3.63) is 46.7 Å². The van der Waals surface area contributed by atoms with Crippen molar-refractivity contribution in [2.24, 2.45) is 11.7 Å².